The van der Waals surface area contributed by atoms with E-state index in [9.17, 15) is 14.7 Å². The standard InChI is InChI=1S/C33H43N3O4S2/c1-8-40-22-9-10-23(30(34)39)27(17-22)41-19-28(37)36-13-11-20(12-14-36)31-35-26(18-42-31)21-15-24(32(2,3)4)29(38)25(16-21)33(5,6)7/h9-10,15-18,20,38H,8,11-14,19H2,1-7H3,(H2,34,39). The van der Waals surface area contributed by atoms with Crippen LogP contribution in [-0.4, -0.2) is 52.3 Å². The first-order valence-electron chi connectivity index (χ1n) is 14.5. The minimum absolute atomic E-state index is 0.0454. The number of aromatic nitrogens is 1. The van der Waals surface area contributed by atoms with E-state index in [4.69, 9.17) is 15.5 Å². The topological polar surface area (TPSA) is 106 Å². The third-order valence-electron chi connectivity index (χ3n) is 7.62. The van der Waals surface area contributed by atoms with Gasteiger partial charge in [-0.25, -0.2) is 4.98 Å². The average Bonchev–Trinajstić information content (AvgIpc) is 3.41. The summed E-state index contributed by atoms with van der Waals surface area (Å²) in [7, 11) is 0. The van der Waals surface area contributed by atoms with E-state index in [1.54, 1.807) is 29.5 Å². The van der Waals surface area contributed by atoms with Crippen molar-refractivity contribution in [1.29, 1.82) is 0 Å². The van der Waals surface area contributed by atoms with Crippen molar-refractivity contribution in [1.82, 2.24) is 9.88 Å². The molecule has 1 aliphatic heterocycles. The Balaban J connectivity index is 1.42. The summed E-state index contributed by atoms with van der Waals surface area (Å²) < 4.78 is 5.56. The van der Waals surface area contributed by atoms with Crippen LogP contribution in [0.4, 0.5) is 0 Å². The summed E-state index contributed by atoms with van der Waals surface area (Å²) in [6.45, 7) is 16.5. The maximum atomic E-state index is 13.1. The number of piperidine rings is 1. The molecule has 1 saturated heterocycles. The molecule has 1 fully saturated rings. The molecule has 3 N–H and O–H groups in total. The summed E-state index contributed by atoms with van der Waals surface area (Å²) in [5, 5.41) is 14.3. The Morgan fingerprint density at radius 3 is 2.24 bits per heavy atom. The Morgan fingerprint density at radius 1 is 1.07 bits per heavy atom. The van der Waals surface area contributed by atoms with Crippen molar-refractivity contribution in [2.45, 2.75) is 83.0 Å². The molecule has 0 saturated carbocycles. The molecular formula is C33H43N3O4S2. The number of primary amides is 1. The number of ether oxygens (including phenoxy) is 1. The van der Waals surface area contributed by atoms with Crippen molar-refractivity contribution in [3.8, 4) is 22.8 Å². The van der Waals surface area contributed by atoms with Crippen molar-refractivity contribution in [2.24, 2.45) is 5.73 Å². The van der Waals surface area contributed by atoms with Gasteiger partial charge in [0.05, 0.1) is 28.6 Å². The monoisotopic (exact) mass is 609 g/mol. The smallest absolute Gasteiger partial charge is 0.249 e. The number of rotatable bonds is 8. The van der Waals surface area contributed by atoms with Gasteiger partial charge in [0.1, 0.15) is 11.5 Å². The Morgan fingerprint density at radius 2 is 1.69 bits per heavy atom. The number of hydrogen-bond acceptors (Lipinski definition) is 7. The van der Waals surface area contributed by atoms with Crippen molar-refractivity contribution in [3.63, 3.8) is 0 Å². The molecule has 1 aromatic heterocycles. The average molecular weight is 610 g/mol. The molecule has 1 aliphatic rings. The first-order valence-corrected chi connectivity index (χ1v) is 16.4. The Kier molecular flexibility index (Phi) is 9.62. The third kappa shape index (κ3) is 7.29. The van der Waals surface area contributed by atoms with Gasteiger partial charge in [-0.2, -0.15) is 0 Å². The molecule has 0 spiro atoms. The zero-order valence-electron chi connectivity index (χ0n) is 25.7. The van der Waals surface area contributed by atoms with Crippen molar-refractivity contribution < 1.29 is 19.4 Å². The van der Waals surface area contributed by atoms with E-state index in [1.807, 2.05) is 11.8 Å². The molecule has 2 amide bonds. The fraction of sp³-hybridized carbons (Fsp3) is 0.485. The molecule has 0 atom stereocenters. The largest absolute Gasteiger partial charge is 0.507 e. The predicted molar refractivity (Wildman–Crippen MR) is 172 cm³/mol. The molecule has 0 aliphatic carbocycles. The highest BCUT2D eigenvalue weighted by atomic mass is 32.2. The quantitative estimate of drug-likeness (QED) is 0.264. The van der Waals surface area contributed by atoms with Crippen LogP contribution in [0, 0.1) is 0 Å². The number of amides is 2. The molecule has 0 radical (unpaired) electrons. The van der Waals surface area contributed by atoms with E-state index >= 15 is 0 Å². The summed E-state index contributed by atoms with van der Waals surface area (Å²) in [5.41, 5.74) is 9.35. The molecular weight excluding hydrogens is 567 g/mol. The second kappa shape index (κ2) is 12.7. The van der Waals surface area contributed by atoms with Crippen LogP contribution in [0.3, 0.4) is 0 Å². The predicted octanol–water partition coefficient (Wildman–Crippen LogP) is 7.11. The molecule has 42 heavy (non-hydrogen) atoms. The van der Waals surface area contributed by atoms with Crippen LogP contribution >= 0.6 is 23.1 Å². The summed E-state index contributed by atoms with van der Waals surface area (Å²) in [5.74, 6) is 1.08. The highest BCUT2D eigenvalue weighted by Gasteiger charge is 2.29. The molecule has 4 rings (SSSR count). The van der Waals surface area contributed by atoms with E-state index in [2.05, 4.69) is 59.1 Å². The van der Waals surface area contributed by atoms with Gasteiger partial charge < -0.3 is 20.5 Å². The third-order valence-corrected chi connectivity index (χ3v) is 9.67. The van der Waals surface area contributed by atoms with E-state index in [-0.39, 0.29) is 22.5 Å². The van der Waals surface area contributed by atoms with Crippen LogP contribution in [0.25, 0.3) is 11.3 Å². The van der Waals surface area contributed by atoms with Gasteiger partial charge in [-0.05, 0) is 60.9 Å². The zero-order valence-corrected chi connectivity index (χ0v) is 27.4. The summed E-state index contributed by atoms with van der Waals surface area (Å²) in [6.07, 6.45) is 1.71. The summed E-state index contributed by atoms with van der Waals surface area (Å²) >= 11 is 2.99. The number of nitrogens with two attached hydrogens (primary N) is 1. The van der Waals surface area contributed by atoms with Crippen LogP contribution < -0.4 is 10.5 Å². The molecule has 9 heteroatoms. The van der Waals surface area contributed by atoms with Gasteiger partial charge in [-0.3, -0.25) is 9.59 Å². The number of hydrogen-bond donors (Lipinski definition) is 2. The SMILES string of the molecule is CCOc1ccc(C(N)=O)c(SCC(=O)N2CCC(c3nc(-c4cc(C(C)(C)C)c(O)c(C(C)(C)C)c4)cs3)CC2)c1. The zero-order chi connectivity index (χ0) is 30.8. The lowest BCUT2D eigenvalue weighted by Crippen LogP contribution is -2.38. The maximum absolute atomic E-state index is 13.1. The van der Waals surface area contributed by atoms with Crippen LogP contribution in [-0.2, 0) is 15.6 Å². The number of aromatic hydroxyl groups is 1. The van der Waals surface area contributed by atoms with Gasteiger partial charge in [0.25, 0.3) is 0 Å². The lowest BCUT2D eigenvalue weighted by atomic mass is 9.78. The van der Waals surface area contributed by atoms with Crippen molar-refractivity contribution in [2.75, 3.05) is 25.4 Å². The molecule has 2 aromatic carbocycles. The maximum Gasteiger partial charge on any atom is 0.249 e. The van der Waals surface area contributed by atoms with Gasteiger partial charge >= 0.3 is 0 Å². The van der Waals surface area contributed by atoms with Gasteiger partial charge in [-0.15, -0.1) is 23.1 Å². The minimum atomic E-state index is -0.520. The molecule has 2 heterocycles. The molecule has 3 aromatic rings. The normalized spacial score (nSPS) is 14.7. The van der Waals surface area contributed by atoms with Gasteiger partial charge in [0, 0.05) is 46.0 Å². The molecule has 226 valence electrons. The van der Waals surface area contributed by atoms with E-state index in [0.29, 0.717) is 47.6 Å². The van der Waals surface area contributed by atoms with Crippen LogP contribution in [0.2, 0.25) is 0 Å². The number of carbonyl (C=O) groups excluding carboxylic acids is 2. The fourth-order valence-electron chi connectivity index (χ4n) is 5.22. The van der Waals surface area contributed by atoms with Crippen LogP contribution in [0.5, 0.6) is 11.5 Å². The second-order valence-corrected chi connectivity index (χ2v) is 14.8. The van der Waals surface area contributed by atoms with Crippen LogP contribution in [0.15, 0.2) is 40.6 Å². The molecule has 0 unspecified atom stereocenters. The lowest BCUT2D eigenvalue weighted by molar-refractivity contribution is -0.129. The minimum Gasteiger partial charge on any atom is -0.507 e. The van der Waals surface area contributed by atoms with Gasteiger partial charge in [0.2, 0.25) is 11.8 Å². The number of phenolic OH excluding ortho intramolecular Hbond substituents is 1. The van der Waals surface area contributed by atoms with Crippen molar-refractivity contribution >= 4 is 34.9 Å². The number of thiazole rings is 1. The fourth-order valence-corrected chi connectivity index (χ4v) is 7.21. The Labute approximate surface area is 257 Å². The second-order valence-electron chi connectivity index (χ2n) is 12.9. The first kappa shape index (κ1) is 31.9. The van der Waals surface area contributed by atoms with Crippen LogP contribution in [0.1, 0.15) is 93.7 Å². The Bertz CT molecular complexity index is 1410. The van der Waals surface area contributed by atoms with Gasteiger partial charge in [-0.1, -0.05) is 41.5 Å². The number of nitrogens with zero attached hydrogens (tertiary/aromatic N) is 2. The summed E-state index contributed by atoms with van der Waals surface area (Å²) in [4.78, 5) is 32.6. The summed E-state index contributed by atoms with van der Waals surface area (Å²) in [6, 6.07) is 9.31. The first-order chi connectivity index (χ1) is 19.7. The van der Waals surface area contributed by atoms with E-state index < -0.39 is 5.91 Å². The molecule has 7 nitrogen and oxygen atoms in total. The van der Waals surface area contributed by atoms with E-state index in [0.717, 1.165) is 40.2 Å². The van der Waals surface area contributed by atoms with Crippen molar-refractivity contribution in [3.05, 3.63) is 57.4 Å². The van der Waals surface area contributed by atoms with Gasteiger partial charge in [0.15, 0.2) is 0 Å². The number of benzene rings is 2. The highest BCUT2D eigenvalue weighted by Crippen LogP contribution is 2.43. The molecule has 0 bridgehead atoms. The number of thioether (sulfide) groups is 1. The number of carbonyl (C=O) groups is 2. The lowest BCUT2D eigenvalue weighted by Gasteiger charge is -2.31. The Hall–Kier alpha value is -3.04. The highest BCUT2D eigenvalue weighted by molar-refractivity contribution is 8.00. The number of likely N-dealkylation sites (tertiary alicyclic amines) is 1. The number of phenols is 1. The van der Waals surface area contributed by atoms with E-state index in [1.165, 1.54) is 11.8 Å².